The average molecular weight is 412 g/mol. The molecule has 2 aromatic carbocycles. The van der Waals surface area contributed by atoms with Crippen molar-refractivity contribution in [2.24, 2.45) is 0 Å². The molecule has 1 saturated heterocycles. The normalized spacial score (nSPS) is 15.8. The fourth-order valence-corrected chi connectivity index (χ4v) is 6.09. The van der Waals surface area contributed by atoms with E-state index in [4.69, 9.17) is 0 Å². The summed E-state index contributed by atoms with van der Waals surface area (Å²) >= 11 is 0. The van der Waals surface area contributed by atoms with E-state index in [1.807, 2.05) is 57.2 Å². The van der Waals surface area contributed by atoms with Crippen LogP contribution < -0.4 is 0 Å². The van der Waals surface area contributed by atoms with Crippen molar-refractivity contribution in [2.45, 2.75) is 25.7 Å². The molecule has 0 bridgehead atoms. The Morgan fingerprint density at radius 1 is 0.966 bits per heavy atom. The van der Waals surface area contributed by atoms with Crippen LogP contribution >= 0.6 is 0 Å². The fraction of sp³-hybridized carbons (Fsp3) is 0.318. The molecule has 7 heteroatoms. The van der Waals surface area contributed by atoms with Gasteiger partial charge in [-0.1, -0.05) is 35.9 Å². The lowest BCUT2D eigenvalue weighted by Gasteiger charge is -2.34. The average Bonchev–Trinajstić information content (AvgIpc) is 3.10. The molecular weight excluding hydrogens is 386 g/mol. The van der Waals surface area contributed by atoms with Gasteiger partial charge in [-0.2, -0.15) is 4.31 Å². The number of carbonyl (C=O) groups excluding carboxylic acids is 1. The first-order chi connectivity index (χ1) is 13.8. The molecule has 1 aliphatic rings. The number of hydrogen-bond donors (Lipinski definition) is 1. The van der Waals surface area contributed by atoms with Crippen LogP contribution in [0.4, 0.5) is 0 Å². The molecule has 1 fully saturated rings. The number of benzene rings is 2. The number of piperazine rings is 1. The molecular formula is C22H25N3O3S. The summed E-state index contributed by atoms with van der Waals surface area (Å²) in [5.41, 5.74) is 4.12. The Bertz CT molecular complexity index is 1170. The van der Waals surface area contributed by atoms with Gasteiger partial charge in [-0.3, -0.25) is 4.79 Å². The van der Waals surface area contributed by atoms with E-state index in [0.717, 1.165) is 27.6 Å². The smallest absolute Gasteiger partial charge is 0.256 e. The van der Waals surface area contributed by atoms with E-state index >= 15 is 0 Å². The number of para-hydroxylation sites is 1. The van der Waals surface area contributed by atoms with Gasteiger partial charge in [0.25, 0.3) is 5.91 Å². The predicted octanol–water partition coefficient (Wildman–Crippen LogP) is 3.24. The minimum Gasteiger partial charge on any atom is -0.360 e. The lowest BCUT2D eigenvalue weighted by molar-refractivity contribution is 0.0700. The molecule has 152 valence electrons. The molecule has 1 N–H and O–H groups in total. The number of aromatic amines is 1. The Morgan fingerprint density at radius 2 is 1.59 bits per heavy atom. The molecule has 1 amide bonds. The monoisotopic (exact) mass is 411 g/mol. The number of hydrogen-bond acceptors (Lipinski definition) is 3. The van der Waals surface area contributed by atoms with Crippen molar-refractivity contribution in [3.8, 4) is 0 Å². The van der Waals surface area contributed by atoms with Gasteiger partial charge in [0.2, 0.25) is 10.0 Å². The molecule has 0 radical (unpaired) electrons. The summed E-state index contributed by atoms with van der Waals surface area (Å²) < 4.78 is 28.0. The quantitative estimate of drug-likeness (QED) is 0.719. The first kappa shape index (κ1) is 19.7. The van der Waals surface area contributed by atoms with Crippen LogP contribution in [0.3, 0.4) is 0 Å². The van der Waals surface area contributed by atoms with Crippen LogP contribution in [0.5, 0.6) is 0 Å². The van der Waals surface area contributed by atoms with Crippen LogP contribution in [0.25, 0.3) is 10.9 Å². The van der Waals surface area contributed by atoms with Crippen molar-refractivity contribution in [3.05, 3.63) is 64.8 Å². The Labute approximate surface area is 171 Å². The highest BCUT2D eigenvalue weighted by molar-refractivity contribution is 7.89. The minimum absolute atomic E-state index is 0.0674. The number of carbonyl (C=O) groups is 1. The van der Waals surface area contributed by atoms with Crippen molar-refractivity contribution in [1.29, 1.82) is 0 Å². The Hall–Kier alpha value is -2.64. The number of rotatable bonds is 3. The fourth-order valence-electron chi connectivity index (χ4n) is 4.25. The highest BCUT2D eigenvalue weighted by atomic mass is 32.2. The van der Waals surface area contributed by atoms with Gasteiger partial charge in [0.1, 0.15) is 0 Å². The van der Waals surface area contributed by atoms with Gasteiger partial charge in [0.15, 0.2) is 0 Å². The number of amides is 1. The highest BCUT2D eigenvalue weighted by Crippen LogP contribution is 2.27. The van der Waals surface area contributed by atoms with Gasteiger partial charge < -0.3 is 9.88 Å². The Kier molecular flexibility index (Phi) is 4.96. The van der Waals surface area contributed by atoms with Crippen LogP contribution in [0.1, 0.15) is 27.0 Å². The van der Waals surface area contributed by atoms with E-state index in [0.29, 0.717) is 36.6 Å². The summed E-state index contributed by atoms with van der Waals surface area (Å²) in [5.74, 6) is -0.0674. The van der Waals surface area contributed by atoms with Gasteiger partial charge in [-0.05, 0) is 38.0 Å². The molecule has 29 heavy (non-hydrogen) atoms. The first-order valence-corrected chi connectivity index (χ1v) is 11.2. The third-order valence-electron chi connectivity index (χ3n) is 5.55. The van der Waals surface area contributed by atoms with Gasteiger partial charge >= 0.3 is 0 Å². The molecule has 4 rings (SSSR count). The predicted molar refractivity (Wildman–Crippen MR) is 114 cm³/mol. The lowest BCUT2D eigenvalue weighted by Crippen LogP contribution is -2.50. The summed E-state index contributed by atoms with van der Waals surface area (Å²) in [7, 11) is -3.59. The molecule has 1 aromatic heterocycles. The van der Waals surface area contributed by atoms with E-state index in [2.05, 4.69) is 4.98 Å². The van der Waals surface area contributed by atoms with Crippen molar-refractivity contribution in [2.75, 3.05) is 26.2 Å². The number of nitrogens with zero attached hydrogens (tertiary/aromatic N) is 2. The zero-order valence-corrected chi connectivity index (χ0v) is 17.7. The van der Waals surface area contributed by atoms with E-state index in [-0.39, 0.29) is 5.91 Å². The minimum atomic E-state index is -3.59. The third kappa shape index (κ3) is 3.45. The van der Waals surface area contributed by atoms with Crippen LogP contribution in [0, 0.1) is 20.8 Å². The maximum absolute atomic E-state index is 13.2. The standard InChI is InChI=1S/C22H25N3O3S/c1-15-12-16(2)21(17(3)13-15)29(27,28)25-10-8-24(9-11-25)22(26)19-14-23-20-7-5-4-6-18(19)20/h4-7,12-14,23H,8-11H2,1-3H3. The Balaban J connectivity index is 1.53. The molecule has 0 atom stereocenters. The third-order valence-corrected chi connectivity index (χ3v) is 7.75. The van der Waals surface area contributed by atoms with Gasteiger partial charge in [0, 0.05) is 43.3 Å². The molecule has 6 nitrogen and oxygen atoms in total. The molecule has 0 aliphatic carbocycles. The maximum atomic E-state index is 13.2. The molecule has 0 spiro atoms. The molecule has 2 heterocycles. The van der Waals surface area contributed by atoms with E-state index in [1.165, 1.54) is 4.31 Å². The maximum Gasteiger partial charge on any atom is 0.256 e. The summed E-state index contributed by atoms with van der Waals surface area (Å²) in [6.45, 7) is 6.98. The molecule has 3 aromatic rings. The molecule has 1 aliphatic heterocycles. The number of H-pyrrole nitrogens is 1. The topological polar surface area (TPSA) is 73.5 Å². The van der Waals surface area contributed by atoms with E-state index < -0.39 is 10.0 Å². The van der Waals surface area contributed by atoms with Crippen molar-refractivity contribution in [3.63, 3.8) is 0 Å². The van der Waals surface area contributed by atoms with Crippen LogP contribution in [-0.2, 0) is 10.0 Å². The lowest BCUT2D eigenvalue weighted by atomic mass is 10.1. The highest BCUT2D eigenvalue weighted by Gasteiger charge is 2.32. The van der Waals surface area contributed by atoms with Crippen molar-refractivity contribution < 1.29 is 13.2 Å². The first-order valence-electron chi connectivity index (χ1n) is 9.72. The SMILES string of the molecule is Cc1cc(C)c(S(=O)(=O)N2CCN(C(=O)c3c[nH]c4ccccc34)CC2)c(C)c1. The zero-order valence-electron chi connectivity index (χ0n) is 16.9. The molecule has 0 saturated carbocycles. The summed E-state index contributed by atoms with van der Waals surface area (Å²) in [5, 5.41) is 0.887. The van der Waals surface area contributed by atoms with Crippen LogP contribution in [0.2, 0.25) is 0 Å². The number of aryl methyl sites for hydroxylation is 3. The summed E-state index contributed by atoms with van der Waals surface area (Å²) in [6, 6.07) is 11.5. The second-order valence-corrected chi connectivity index (χ2v) is 9.55. The van der Waals surface area contributed by atoms with Crippen LogP contribution in [0.15, 0.2) is 47.5 Å². The van der Waals surface area contributed by atoms with E-state index in [9.17, 15) is 13.2 Å². The second-order valence-electron chi connectivity index (χ2n) is 7.67. The number of nitrogens with one attached hydrogen (secondary N) is 1. The van der Waals surface area contributed by atoms with E-state index in [1.54, 1.807) is 11.1 Å². The summed E-state index contributed by atoms with van der Waals surface area (Å²) in [6.07, 6.45) is 1.73. The van der Waals surface area contributed by atoms with Crippen LogP contribution in [-0.4, -0.2) is 54.7 Å². The Morgan fingerprint density at radius 3 is 2.24 bits per heavy atom. The number of fused-ring (bicyclic) bond motifs is 1. The van der Waals surface area contributed by atoms with Gasteiger partial charge in [-0.15, -0.1) is 0 Å². The molecule has 0 unspecified atom stereocenters. The van der Waals surface area contributed by atoms with Crippen molar-refractivity contribution in [1.82, 2.24) is 14.2 Å². The van der Waals surface area contributed by atoms with Gasteiger partial charge in [0.05, 0.1) is 10.5 Å². The second kappa shape index (κ2) is 7.31. The number of sulfonamides is 1. The zero-order chi connectivity index (χ0) is 20.8. The van der Waals surface area contributed by atoms with Gasteiger partial charge in [-0.25, -0.2) is 8.42 Å². The largest absolute Gasteiger partial charge is 0.360 e. The number of aromatic nitrogens is 1. The van der Waals surface area contributed by atoms with Crippen molar-refractivity contribution >= 4 is 26.8 Å². The summed E-state index contributed by atoms with van der Waals surface area (Å²) in [4.78, 5) is 18.2.